The van der Waals surface area contributed by atoms with Gasteiger partial charge in [0.2, 0.25) is 11.1 Å². The number of aryl methyl sites for hydroxylation is 1. The molecule has 6 nitrogen and oxygen atoms in total. The van der Waals surface area contributed by atoms with Crippen LogP contribution in [0.25, 0.3) is 33.3 Å². The number of aromatic nitrogens is 3. The summed E-state index contributed by atoms with van der Waals surface area (Å²) >= 11 is 0. The molecule has 0 bridgehead atoms. The van der Waals surface area contributed by atoms with Gasteiger partial charge >= 0.3 is 0 Å². The van der Waals surface area contributed by atoms with E-state index in [4.69, 9.17) is 4.42 Å². The van der Waals surface area contributed by atoms with Crippen molar-refractivity contribution in [3.8, 4) is 11.3 Å². The Morgan fingerprint density at radius 1 is 1.09 bits per heavy atom. The van der Waals surface area contributed by atoms with Gasteiger partial charge in [-0.2, -0.15) is 5.10 Å². The summed E-state index contributed by atoms with van der Waals surface area (Å²) in [7, 11) is 0. The molecule has 3 heterocycles. The van der Waals surface area contributed by atoms with Crippen molar-refractivity contribution in [1.82, 2.24) is 15.2 Å². The van der Waals surface area contributed by atoms with Crippen LogP contribution in [-0.2, 0) is 0 Å². The van der Waals surface area contributed by atoms with Crippen molar-refractivity contribution >= 4 is 22.1 Å². The number of nitrogens with zero attached hydrogens (tertiary/aromatic N) is 1. The quantitative estimate of drug-likeness (QED) is 0.527. The zero-order valence-electron chi connectivity index (χ0n) is 11.6. The van der Waals surface area contributed by atoms with Gasteiger partial charge in [0, 0.05) is 5.69 Å². The van der Waals surface area contributed by atoms with Gasteiger partial charge in [0.1, 0.15) is 5.58 Å². The van der Waals surface area contributed by atoms with Crippen LogP contribution in [-0.4, -0.2) is 15.2 Å². The molecular weight excluding hydrogens is 282 g/mol. The van der Waals surface area contributed by atoms with Crippen LogP contribution in [0.2, 0.25) is 0 Å². The Kier molecular flexibility index (Phi) is 2.53. The van der Waals surface area contributed by atoms with Crippen molar-refractivity contribution in [3.05, 3.63) is 62.7 Å². The molecule has 1 aromatic carbocycles. The number of hydrogen-bond acceptors (Lipinski definition) is 4. The maximum absolute atomic E-state index is 12.6. The number of fused-ring (bicyclic) bond motifs is 2. The van der Waals surface area contributed by atoms with E-state index in [1.807, 2.05) is 6.92 Å². The van der Waals surface area contributed by atoms with Gasteiger partial charge in [-0.3, -0.25) is 19.7 Å². The third-order valence-corrected chi connectivity index (χ3v) is 3.58. The van der Waals surface area contributed by atoms with Crippen molar-refractivity contribution in [3.63, 3.8) is 0 Å². The fourth-order valence-corrected chi connectivity index (χ4v) is 2.51. The molecule has 0 aliphatic rings. The molecule has 108 valence electrons. The Labute approximate surface area is 123 Å². The number of nitrogens with one attached hydrogen (secondary N) is 2. The van der Waals surface area contributed by atoms with Crippen LogP contribution in [0.3, 0.4) is 0 Å². The Hall–Kier alpha value is -3.15. The third-order valence-electron chi connectivity index (χ3n) is 3.58. The molecule has 0 unspecified atom stereocenters. The molecule has 0 fully saturated rings. The lowest BCUT2D eigenvalue weighted by Gasteiger charge is -2.02. The summed E-state index contributed by atoms with van der Waals surface area (Å²) in [6, 6.07) is 10.2. The van der Waals surface area contributed by atoms with E-state index in [0.717, 1.165) is 5.69 Å². The van der Waals surface area contributed by atoms with Gasteiger partial charge in [-0.05, 0) is 31.2 Å². The van der Waals surface area contributed by atoms with Crippen molar-refractivity contribution in [2.24, 2.45) is 0 Å². The Morgan fingerprint density at radius 2 is 1.91 bits per heavy atom. The van der Waals surface area contributed by atoms with Gasteiger partial charge in [-0.1, -0.05) is 12.1 Å². The highest BCUT2D eigenvalue weighted by molar-refractivity contribution is 5.89. The van der Waals surface area contributed by atoms with E-state index in [0.29, 0.717) is 27.6 Å². The molecule has 3 aromatic heterocycles. The monoisotopic (exact) mass is 293 g/mol. The predicted molar refractivity (Wildman–Crippen MR) is 82.9 cm³/mol. The molecule has 4 rings (SSSR count). The minimum atomic E-state index is -0.350. The van der Waals surface area contributed by atoms with Crippen LogP contribution in [0.5, 0.6) is 0 Å². The fraction of sp³-hybridized carbons (Fsp3) is 0.0625. The molecule has 0 atom stereocenters. The first-order valence-electron chi connectivity index (χ1n) is 6.75. The number of hydrogen-bond donors (Lipinski definition) is 2. The highest BCUT2D eigenvalue weighted by Gasteiger charge is 2.13. The molecule has 0 amide bonds. The van der Waals surface area contributed by atoms with Crippen LogP contribution in [0, 0.1) is 6.92 Å². The second-order valence-electron chi connectivity index (χ2n) is 5.12. The summed E-state index contributed by atoms with van der Waals surface area (Å²) in [4.78, 5) is 27.4. The molecule has 2 N–H and O–H groups in total. The van der Waals surface area contributed by atoms with Gasteiger partial charge < -0.3 is 4.42 Å². The zero-order chi connectivity index (χ0) is 15.3. The Bertz CT molecular complexity index is 1130. The van der Waals surface area contributed by atoms with Gasteiger partial charge in [0.05, 0.1) is 22.0 Å². The smallest absolute Gasteiger partial charge is 0.260 e. The summed E-state index contributed by atoms with van der Waals surface area (Å²) < 4.78 is 5.62. The van der Waals surface area contributed by atoms with Crippen LogP contribution in [0.1, 0.15) is 5.69 Å². The highest BCUT2D eigenvalue weighted by Crippen LogP contribution is 2.20. The van der Waals surface area contributed by atoms with E-state index < -0.39 is 0 Å². The predicted octanol–water partition coefficient (Wildman–Crippen LogP) is 2.33. The lowest BCUT2D eigenvalue weighted by Crippen LogP contribution is -2.13. The van der Waals surface area contributed by atoms with E-state index in [9.17, 15) is 9.59 Å². The van der Waals surface area contributed by atoms with E-state index in [1.54, 1.807) is 30.3 Å². The lowest BCUT2D eigenvalue weighted by molar-refractivity contribution is 0.643. The van der Waals surface area contributed by atoms with E-state index in [2.05, 4.69) is 15.2 Å². The molecule has 0 radical (unpaired) electrons. The number of rotatable bonds is 1. The molecule has 0 saturated heterocycles. The van der Waals surface area contributed by atoms with Crippen molar-refractivity contribution in [2.75, 3.05) is 0 Å². The molecule has 0 aliphatic carbocycles. The Morgan fingerprint density at radius 3 is 2.68 bits per heavy atom. The number of para-hydroxylation sites is 1. The Balaban J connectivity index is 2.12. The molecular formula is C16H11N3O3. The van der Waals surface area contributed by atoms with Crippen LogP contribution < -0.4 is 11.0 Å². The summed E-state index contributed by atoms with van der Waals surface area (Å²) in [5.41, 5.74) is 1.75. The molecule has 0 saturated carbocycles. The summed E-state index contributed by atoms with van der Waals surface area (Å²) in [5.74, 6) is 0. The average molecular weight is 293 g/mol. The first kappa shape index (κ1) is 12.6. The maximum Gasteiger partial charge on any atom is 0.260 e. The molecule has 4 aromatic rings. The standard InChI is InChI=1S/C16H11N3O3/c1-8-6-12(19-18-8)10-7-11-14(20)9-4-2-3-5-13(9)22-16(11)17-15(10)21/h2-7H,1H3,(H,17,21)(H,18,19). The van der Waals surface area contributed by atoms with Crippen LogP contribution in [0.15, 0.2) is 50.4 Å². The topological polar surface area (TPSA) is 91.8 Å². The lowest BCUT2D eigenvalue weighted by atomic mass is 10.1. The van der Waals surface area contributed by atoms with Crippen LogP contribution >= 0.6 is 0 Å². The number of benzene rings is 1. The van der Waals surface area contributed by atoms with E-state index in [-0.39, 0.29) is 16.7 Å². The summed E-state index contributed by atoms with van der Waals surface area (Å²) in [5, 5.41) is 7.66. The maximum atomic E-state index is 12.6. The molecule has 6 heteroatoms. The third kappa shape index (κ3) is 1.77. The fourth-order valence-electron chi connectivity index (χ4n) is 2.51. The van der Waals surface area contributed by atoms with Gasteiger partial charge in [-0.15, -0.1) is 0 Å². The van der Waals surface area contributed by atoms with E-state index in [1.165, 1.54) is 6.07 Å². The molecule has 0 aliphatic heterocycles. The first-order chi connectivity index (χ1) is 10.6. The number of pyridine rings is 1. The average Bonchev–Trinajstić information content (AvgIpc) is 2.93. The molecule has 22 heavy (non-hydrogen) atoms. The number of aromatic amines is 2. The summed E-state index contributed by atoms with van der Waals surface area (Å²) in [6.45, 7) is 1.84. The first-order valence-corrected chi connectivity index (χ1v) is 6.75. The number of H-pyrrole nitrogens is 2. The van der Waals surface area contributed by atoms with Crippen molar-refractivity contribution in [2.45, 2.75) is 6.92 Å². The minimum Gasteiger partial charge on any atom is -0.439 e. The van der Waals surface area contributed by atoms with Gasteiger partial charge in [0.25, 0.3) is 5.56 Å². The van der Waals surface area contributed by atoms with Crippen molar-refractivity contribution in [1.29, 1.82) is 0 Å². The van der Waals surface area contributed by atoms with Gasteiger partial charge in [-0.25, -0.2) is 0 Å². The van der Waals surface area contributed by atoms with Crippen LogP contribution in [0.4, 0.5) is 0 Å². The molecule has 0 spiro atoms. The highest BCUT2D eigenvalue weighted by atomic mass is 16.3. The van der Waals surface area contributed by atoms with E-state index >= 15 is 0 Å². The largest absolute Gasteiger partial charge is 0.439 e. The SMILES string of the molecule is Cc1cc(-c2cc3c(=O)c4ccccc4oc3[nH]c2=O)n[nH]1. The zero-order valence-corrected chi connectivity index (χ0v) is 11.6. The minimum absolute atomic E-state index is 0.171. The second kappa shape index (κ2) is 4.42. The normalized spacial score (nSPS) is 11.3. The van der Waals surface area contributed by atoms with Crippen molar-refractivity contribution < 1.29 is 4.42 Å². The summed E-state index contributed by atoms with van der Waals surface area (Å²) in [6.07, 6.45) is 0. The second-order valence-corrected chi connectivity index (χ2v) is 5.12. The van der Waals surface area contributed by atoms with Gasteiger partial charge in [0.15, 0.2) is 0 Å².